The Hall–Kier alpha value is -2.40. The van der Waals surface area contributed by atoms with Gasteiger partial charge < -0.3 is 5.32 Å². The van der Waals surface area contributed by atoms with Crippen LogP contribution in [0.15, 0.2) is 48.3 Å². The van der Waals surface area contributed by atoms with Gasteiger partial charge in [0.05, 0.1) is 5.56 Å². The van der Waals surface area contributed by atoms with Crippen molar-refractivity contribution in [2.24, 2.45) is 0 Å². The molecule has 22 heavy (non-hydrogen) atoms. The van der Waals surface area contributed by atoms with Crippen LogP contribution in [0.5, 0.6) is 0 Å². The van der Waals surface area contributed by atoms with Crippen LogP contribution in [0.4, 0.5) is 5.82 Å². The van der Waals surface area contributed by atoms with E-state index in [1.807, 2.05) is 30.3 Å². The molecule has 0 radical (unpaired) electrons. The molecule has 5 nitrogen and oxygen atoms in total. The number of hydrogen-bond donors (Lipinski definition) is 1. The van der Waals surface area contributed by atoms with E-state index in [-0.39, 0.29) is 0 Å². The molecule has 0 amide bonds. The number of allylic oxidation sites excluding steroid dienone is 1. The highest BCUT2D eigenvalue weighted by Gasteiger charge is 2.16. The van der Waals surface area contributed by atoms with Gasteiger partial charge in [0, 0.05) is 6.54 Å². The second kappa shape index (κ2) is 6.15. The number of hydrogen-bond acceptors (Lipinski definition) is 4. The monoisotopic (exact) mass is 313 g/mol. The molecule has 0 bridgehead atoms. The van der Waals surface area contributed by atoms with Crippen molar-refractivity contribution < 1.29 is 0 Å². The molecule has 0 unspecified atom stereocenters. The summed E-state index contributed by atoms with van der Waals surface area (Å²) in [5.74, 6) is 1.26. The second-order valence-electron chi connectivity index (χ2n) is 5.13. The SMILES string of the molecule is CC(C)=CCNc1c(-c2ccccc2)c(Cl)nc2ncnn12. The van der Waals surface area contributed by atoms with E-state index in [0.717, 1.165) is 16.9 Å². The number of halogens is 1. The largest absolute Gasteiger partial charge is 0.366 e. The fourth-order valence-corrected chi connectivity index (χ4v) is 2.47. The normalized spacial score (nSPS) is 10.7. The maximum Gasteiger partial charge on any atom is 0.255 e. The minimum atomic E-state index is 0.409. The Balaban J connectivity index is 2.16. The van der Waals surface area contributed by atoms with Gasteiger partial charge in [0.15, 0.2) is 0 Å². The highest BCUT2D eigenvalue weighted by molar-refractivity contribution is 6.32. The molecule has 0 aliphatic rings. The van der Waals surface area contributed by atoms with Gasteiger partial charge in [0.2, 0.25) is 0 Å². The first-order valence-corrected chi connectivity index (χ1v) is 7.36. The Morgan fingerprint density at radius 1 is 1.27 bits per heavy atom. The molecular weight excluding hydrogens is 298 g/mol. The number of fused-ring (bicyclic) bond motifs is 1. The minimum absolute atomic E-state index is 0.409. The summed E-state index contributed by atoms with van der Waals surface area (Å²) < 4.78 is 1.67. The van der Waals surface area contributed by atoms with Gasteiger partial charge >= 0.3 is 0 Å². The van der Waals surface area contributed by atoms with E-state index in [2.05, 4.69) is 40.3 Å². The number of nitrogens with one attached hydrogen (secondary N) is 1. The molecule has 2 aromatic heterocycles. The van der Waals surface area contributed by atoms with E-state index in [4.69, 9.17) is 11.6 Å². The number of anilines is 1. The molecule has 3 aromatic rings. The maximum atomic E-state index is 6.39. The number of aromatic nitrogens is 4. The molecule has 0 spiro atoms. The lowest BCUT2D eigenvalue weighted by molar-refractivity contribution is 0.938. The van der Waals surface area contributed by atoms with Crippen LogP contribution in [0.3, 0.4) is 0 Å². The highest BCUT2D eigenvalue weighted by Crippen LogP contribution is 2.33. The summed E-state index contributed by atoms with van der Waals surface area (Å²) in [7, 11) is 0. The fraction of sp³-hybridized carbons (Fsp3) is 0.188. The first-order chi connectivity index (χ1) is 10.7. The van der Waals surface area contributed by atoms with E-state index in [1.165, 1.54) is 11.9 Å². The van der Waals surface area contributed by atoms with Gasteiger partial charge in [-0.15, -0.1) is 0 Å². The third-order valence-electron chi connectivity index (χ3n) is 3.23. The first kappa shape index (κ1) is 14.5. The Bertz CT molecular complexity index is 819. The molecule has 3 rings (SSSR count). The van der Waals surface area contributed by atoms with Gasteiger partial charge in [-0.3, -0.25) is 0 Å². The lowest BCUT2D eigenvalue weighted by atomic mass is 10.1. The standard InChI is InChI=1S/C16H16ClN5/c1-11(2)8-9-18-15-13(12-6-4-3-5-7-12)14(17)21-16-19-10-20-22(15)16/h3-8,10,18H,9H2,1-2H3. The molecule has 2 heterocycles. The number of benzene rings is 1. The van der Waals surface area contributed by atoms with Crippen LogP contribution < -0.4 is 5.32 Å². The van der Waals surface area contributed by atoms with Gasteiger partial charge in [-0.1, -0.05) is 53.6 Å². The van der Waals surface area contributed by atoms with Crippen LogP contribution in [0.2, 0.25) is 5.15 Å². The zero-order valence-electron chi connectivity index (χ0n) is 12.4. The predicted octanol–water partition coefficient (Wildman–Crippen LogP) is 3.82. The summed E-state index contributed by atoms with van der Waals surface area (Å²) in [6, 6.07) is 9.90. The summed E-state index contributed by atoms with van der Waals surface area (Å²) in [6.45, 7) is 4.80. The fourth-order valence-electron chi connectivity index (χ4n) is 2.19. The van der Waals surface area contributed by atoms with Crippen molar-refractivity contribution >= 4 is 23.2 Å². The van der Waals surface area contributed by atoms with E-state index < -0.39 is 0 Å². The Labute approximate surface area is 133 Å². The lowest BCUT2D eigenvalue weighted by Gasteiger charge is -2.13. The van der Waals surface area contributed by atoms with E-state index in [0.29, 0.717) is 17.5 Å². The molecular formula is C16H16ClN5. The van der Waals surface area contributed by atoms with Gasteiger partial charge in [-0.05, 0) is 19.4 Å². The van der Waals surface area contributed by atoms with Crippen molar-refractivity contribution in [3.8, 4) is 11.1 Å². The average molecular weight is 314 g/mol. The Morgan fingerprint density at radius 3 is 2.77 bits per heavy atom. The highest BCUT2D eigenvalue weighted by atomic mass is 35.5. The van der Waals surface area contributed by atoms with Crippen molar-refractivity contribution in [1.82, 2.24) is 19.6 Å². The quantitative estimate of drug-likeness (QED) is 0.587. The molecule has 1 aromatic carbocycles. The molecule has 112 valence electrons. The van der Waals surface area contributed by atoms with Crippen molar-refractivity contribution in [2.45, 2.75) is 13.8 Å². The lowest BCUT2D eigenvalue weighted by Crippen LogP contribution is -2.09. The van der Waals surface area contributed by atoms with Crippen LogP contribution in [0, 0.1) is 0 Å². The van der Waals surface area contributed by atoms with Gasteiger partial charge in [0.1, 0.15) is 17.3 Å². The van der Waals surface area contributed by atoms with Crippen molar-refractivity contribution in [3.63, 3.8) is 0 Å². The third kappa shape index (κ3) is 2.80. The van der Waals surface area contributed by atoms with E-state index in [1.54, 1.807) is 4.52 Å². The molecule has 0 saturated heterocycles. The van der Waals surface area contributed by atoms with Crippen LogP contribution >= 0.6 is 11.6 Å². The van der Waals surface area contributed by atoms with E-state index in [9.17, 15) is 0 Å². The van der Waals surface area contributed by atoms with Crippen molar-refractivity contribution in [2.75, 3.05) is 11.9 Å². The van der Waals surface area contributed by atoms with Gasteiger partial charge in [0.25, 0.3) is 5.78 Å². The first-order valence-electron chi connectivity index (χ1n) is 6.98. The third-order valence-corrected chi connectivity index (χ3v) is 3.50. The predicted molar refractivity (Wildman–Crippen MR) is 89.1 cm³/mol. The van der Waals surface area contributed by atoms with E-state index >= 15 is 0 Å². The molecule has 0 atom stereocenters. The molecule has 0 aliphatic heterocycles. The Kier molecular flexibility index (Phi) is 4.06. The van der Waals surface area contributed by atoms with Crippen LogP contribution in [-0.2, 0) is 0 Å². The van der Waals surface area contributed by atoms with Gasteiger partial charge in [-0.25, -0.2) is 0 Å². The average Bonchev–Trinajstić information content (AvgIpc) is 2.95. The number of nitrogens with zero attached hydrogens (tertiary/aromatic N) is 4. The van der Waals surface area contributed by atoms with Crippen LogP contribution in [-0.4, -0.2) is 26.1 Å². The minimum Gasteiger partial charge on any atom is -0.366 e. The topological polar surface area (TPSA) is 55.1 Å². The zero-order valence-corrected chi connectivity index (χ0v) is 13.2. The summed E-state index contributed by atoms with van der Waals surface area (Å²) in [5, 5.41) is 8.03. The van der Waals surface area contributed by atoms with Crippen LogP contribution in [0.25, 0.3) is 16.9 Å². The smallest absolute Gasteiger partial charge is 0.255 e. The molecule has 6 heteroatoms. The summed E-state index contributed by atoms with van der Waals surface area (Å²) in [4.78, 5) is 8.43. The van der Waals surface area contributed by atoms with Crippen molar-refractivity contribution in [1.29, 1.82) is 0 Å². The molecule has 0 saturated carbocycles. The summed E-state index contributed by atoms with van der Waals surface area (Å²) in [5.41, 5.74) is 3.04. The second-order valence-corrected chi connectivity index (χ2v) is 5.48. The summed E-state index contributed by atoms with van der Waals surface area (Å²) >= 11 is 6.39. The van der Waals surface area contributed by atoms with Crippen LogP contribution in [0.1, 0.15) is 13.8 Å². The van der Waals surface area contributed by atoms with Crippen molar-refractivity contribution in [3.05, 3.63) is 53.5 Å². The molecule has 0 aliphatic carbocycles. The summed E-state index contributed by atoms with van der Waals surface area (Å²) in [6.07, 6.45) is 3.57. The number of rotatable bonds is 4. The van der Waals surface area contributed by atoms with Gasteiger partial charge in [-0.2, -0.15) is 19.6 Å². The maximum absolute atomic E-state index is 6.39. The molecule has 0 fully saturated rings. The molecule has 1 N–H and O–H groups in total. The Morgan fingerprint density at radius 2 is 2.05 bits per heavy atom. The zero-order chi connectivity index (χ0) is 15.5.